The zero-order chi connectivity index (χ0) is 10.2. The highest BCUT2D eigenvalue weighted by Crippen LogP contribution is 2.31. The normalized spacial score (nSPS) is 20.1. The molecule has 2 rings (SSSR count). The lowest BCUT2D eigenvalue weighted by Crippen LogP contribution is -2.23. The summed E-state index contributed by atoms with van der Waals surface area (Å²) >= 11 is 3.36. The molecule has 4 heteroatoms. The third-order valence-corrected chi connectivity index (χ3v) is 3.05. The molecule has 0 bridgehead atoms. The minimum absolute atomic E-state index is 0.414. The molecule has 0 spiro atoms. The first-order valence-corrected chi connectivity index (χ1v) is 5.59. The van der Waals surface area contributed by atoms with E-state index in [1.807, 2.05) is 6.07 Å². The van der Waals surface area contributed by atoms with Gasteiger partial charge in [-0.1, -0.05) is 13.8 Å². The molecule has 1 aromatic heterocycles. The molecule has 76 valence electrons. The van der Waals surface area contributed by atoms with E-state index in [4.69, 9.17) is 0 Å². The molecule has 1 aromatic rings. The van der Waals surface area contributed by atoms with E-state index in [0.29, 0.717) is 5.41 Å². The number of aromatic nitrogens is 2. The Bertz CT molecular complexity index is 338. The van der Waals surface area contributed by atoms with Crippen molar-refractivity contribution in [3.05, 3.63) is 17.0 Å². The second-order valence-electron chi connectivity index (χ2n) is 4.53. The fraction of sp³-hybridized carbons (Fsp3) is 0.600. The largest absolute Gasteiger partial charge is 0.356 e. The standard InChI is InChI=1S/C10H14BrN3/c1-10(2)3-4-14(6-10)9-5-8(11)12-7-13-9/h5,7H,3-4,6H2,1-2H3. The average Bonchev–Trinajstić information content (AvgIpc) is 2.46. The predicted octanol–water partition coefficient (Wildman–Crippen LogP) is 2.48. The monoisotopic (exact) mass is 255 g/mol. The Morgan fingerprint density at radius 3 is 2.79 bits per heavy atom. The van der Waals surface area contributed by atoms with Crippen LogP contribution in [-0.2, 0) is 0 Å². The van der Waals surface area contributed by atoms with E-state index in [1.54, 1.807) is 6.33 Å². The lowest BCUT2D eigenvalue weighted by Gasteiger charge is -2.20. The van der Waals surface area contributed by atoms with Gasteiger partial charge >= 0.3 is 0 Å². The maximum Gasteiger partial charge on any atom is 0.133 e. The second kappa shape index (κ2) is 3.50. The summed E-state index contributed by atoms with van der Waals surface area (Å²) in [5.41, 5.74) is 0.414. The van der Waals surface area contributed by atoms with E-state index in [9.17, 15) is 0 Å². The van der Waals surface area contributed by atoms with E-state index >= 15 is 0 Å². The average molecular weight is 256 g/mol. The van der Waals surface area contributed by atoms with Crippen molar-refractivity contribution in [2.45, 2.75) is 20.3 Å². The van der Waals surface area contributed by atoms with Crippen LogP contribution in [0.2, 0.25) is 0 Å². The lowest BCUT2D eigenvalue weighted by molar-refractivity contribution is 0.418. The quantitative estimate of drug-likeness (QED) is 0.723. The Balaban J connectivity index is 2.17. The van der Waals surface area contributed by atoms with Gasteiger partial charge in [-0.2, -0.15) is 0 Å². The number of hydrogen-bond donors (Lipinski definition) is 0. The highest BCUT2D eigenvalue weighted by molar-refractivity contribution is 9.10. The van der Waals surface area contributed by atoms with E-state index in [2.05, 4.69) is 44.6 Å². The van der Waals surface area contributed by atoms with E-state index in [1.165, 1.54) is 6.42 Å². The van der Waals surface area contributed by atoms with Crippen LogP contribution >= 0.6 is 15.9 Å². The summed E-state index contributed by atoms with van der Waals surface area (Å²) in [7, 11) is 0. The Kier molecular flexibility index (Phi) is 2.47. The van der Waals surface area contributed by atoms with Crippen LogP contribution in [0, 0.1) is 5.41 Å². The molecule has 0 saturated carbocycles. The van der Waals surface area contributed by atoms with Crippen LogP contribution in [-0.4, -0.2) is 23.1 Å². The molecule has 1 saturated heterocycles. The van der Waals surface area contributed by atoms with Crippen LogP contribution in [0.3, 0.4) is 0 Å². The molecule has 14 heavy (non-hydrogen) atoms. The molecule has 1 fully saturated rings. The highest BCUT2D eigenvalue weighted by Gasteiger charge is 2.29. The molecule has 1 aliphatic heterocycles. The first kappa shape index (κ1) is 9.90. The maximum atomic E-state index is 4.27. The Hall–Kier alpha value is -0.640. The van der Waals surface area contributed by atoms with Crippen LogP contribution in [0.15, 0.2) is 17.0 Å². The van der Waals surface area contributed by atoms with Gasteiger partial charge in [0.25, 0.3) is 0 Å². The minimum Gasteiger partial charge on any atom is -0.356 e. The van der Waals surface area contributed by atoms with Crippen LogP contribution < -0.4 is 4.90 Å². The van der Waals surface area contributed by atoms with Crippen LogP contribution in [0.5, 0.6) is 0 Å². The molecule has 0 atom stereocenters. The lowest BCUT2D eigenvalue weighted by atomic mass is 9.93. The third kappa shape index (κ3) is 2.05. The predicted molar refractivity (Wildman–Crippen MR) is 60.3 cm³/mol. The molecule has 0 N–H and O–H groups in total. The number of hydrogen-bond acceptors (Lipinski definition) is 3. The molecule has 0 radical (unpaired) electrons. The Morgan fingerprint density at radius 2 is 2.21 bits per heavy atom. The van der Waals surface area contributed by atoms with Gasteiger partial charge in [0.15, 0.2) is 0 Å². The van der Waals surface area contributed by atoms with Gasteiger partial charge in [-0.3, -0.25) is 0 Å². The Morgan fingerprint density at radius 1 is 1.43 bits per heavy atom. The highest BCUT2D eigenvalue weighted by atomic mass is 79.9. The topological polar surface area (TPSA) is 29.0 Å². The van der Waals surface area contributed by atoms with Gasteiger partial charge in [0.2, 0.25) is 0 Å². The van der Waals surface area contributed by atoms with Crippen molar-refractivity contribution in [3.8, 4) is 0 Å². The van der Waals surface area contributed by atoms with Crippen molar-refractivity contribution in [2.75, 3.05) is 18.0 Å². The number of anilines is 1. The molecular formula is C10H14BrN3. The van der Waals surface area contributed by atoms with E-state index in [0.717, 1.165) is 23.5 Å². The van der Waals surface area contributed by atoms with Gasteiger partial charge in [0, 0.05) is 19.2 Å². The van der Waals surface area contributed by atoms with Crippen molar-refractivity contribution in [1.29, 1.82) is 0 Å². The minimum atomic E-state index is 0.414. The summed E-state index contributed by atoms with van der Waals surface area (Å²) in [6, 6.07) is 1.97. The van der Waals surface area contributed by atoms with Gasteiger partial charge in [-0.15, -0.1) is 0 Å². The first-order valence-electron chi connectivity index (χ1n) is 4.79. The third-order valence-electron chi connectivity index (χ3n) is 2.62. The molecule has 0 unspecified atom stereocenters. The summed E-state index contributed by atoms with van der Waals surface area (Å²) in [6.45, 7) is 6.76. The second-order valence-corrected chi connectivity index (χ2v) is 5.35. The molecule has 0 aromatic carbocycles. The number of nitrogens with zero attached hydrogens (tertiary/aromatic N) is 3. The number of rotatable bonds is 1. The van der Waals surface area contributed by atoms with E-state index in [-0.39, 0.29) is 0 Å². The smallest absolute Gasteiger partial charge is 0.133 e. The SMILES string of the molecule is CC1(C)CCN(c2cc(Br)ncn2)C1. The van der Waals surface area contributed by atoms with Crippen molar-refractivity contribution in [3.63, 3.8) is 0 Å². The number of halogens is 1. The summed E-state index contributed by atoms with van der Waals surface area (Å²) in [5, 5.41) is 0. The molecule has 3 nitrogen and oxygen atoms in total. The zero-order valence-corrected chi connectivity index (χ0v) is 10.1. The maximum absolute atomic E-state index is 4.27. The summed E-state index contributed by atoms with van der Waals surface area (Å²) in [5.74, 6) is 1.03. The fourth-order valence-corrected chi connectivity index (χ4v) is 2.10. The van der Waals surface area contributed by atoms with Crippen molar-refractivity contribution in [1.82, 2.24) is 9.97 Å². The van der Waals surface area contributed by atoms with Gasteiger partial charge < -0.3 is 4.90 Å². The zero-order valence-electron chi connectivity index (χ0n) is 8.50. The van der Waals surface area contributed by atoms with Crippen molar-refractivity contribution in [2.24, 2.45) is 5.41 Å². The summed E-state index contributed by atoms with van der Waals surface area (Å²) < 4.78 is 0.854. The molecular weight excluding hydrogens is 242 g/mol. The molecule has 0 aliphatic carbocycles. The van der Waals surface area contributed by atoms with E-state index < -0.39 is 0 Å². The summed E-state index contributed by atoms with van der Waals surface area (Å²) in [6.07, 6.45) is 2.83. The van der Waals surface area contributed by atoms with Crippen molar-refractivity contribution < 1.29 is 0 Å². The first-order chi connectivity index (χ1) is 6.57. The van der Waals surface area contributed by atoms with Crippen LogP contribution in [0.1, 0.15) is 20.3 Å². The van der Waals surface area contributed by atoms with Crippen LogP contribution in [0.4, 0.5) is 5.82 Å². The molecule has 0 amide bonds. The fourth-order valence-electron chi connectivity index (χ4n) is 1.81. The van der Waals surface area contributed by atoms with Crippen LogP contribution in [0.25, 0.3) is 0 Å². The van der Waals surface area contributed by atoms with Gasteiger partial charge in [0.1, 0.15) is 16.7 Å². The molecule has 1 aliphatic rings. The van der Waals surface area contributed by atoms with Gasteiger partial charge in [-0.05, 0) is 27.8 Å². The van der Waals surface area contributed by atoms with Gasteiger partial charge in [0.05, 0.1) is 0 Å². The summed E-state index contributed by atoms with van der Waals surface area (Å²) in [4.78, 5) is 10.6. The Labute approximate surface area is 92.7 Å². The van der Waals surface area contributed by atoms with Gasteiger partial charge in [-0.25, -0.2) is 9.97 Å². The molecule has 2 heterocycles. The van der Waals surface area contributed by atoms with Crippen molar-refractivity contribution >= 4 is 21.7 Å².